The van der Waals surface area contributed by atoms with Gasteiger partial charge in [0.15, 0.2) is 5.96 Å². The molecule has 6 heteroatoms. The lowest BCUT2D eigenvalue weighted by Gasteiger charge is -2.37. The third-order valence-corrected chi connectivity index (χ3v) is 5.87. The fourth-order valence-electron chi connectivity index (χ4n) is 4.45. The Morgan fingerprint density at radius 3 is 2.50 bits per heavy atom. The molecule has 2 fully saturated rings. The summed E-state index contributed by atoms with van der Waals surface area (Å²) in [6, 6.07) is 4.32. The van der Waals surface area contributed by atoms with Crippen molar-refractivity contribution >= 4 is 11.8 Å². The van der Waals surface area contributed by atoms with Crippen LogP contribution < -0.4 is 10.2 Å². The molecule has 1 N–H and O–H groups in total. The second-order valence-electron chi connectivity index (χ2n) is 8.46. The fraction of sp³-hybridized carbons (Fsp3) is 0.727. The molecule has 2 saturated heterocycles. The Hall–Kier alpha value is -1.82. The maximum atomic E-state index is 4.96. The molecule has 3 rings (SSSR count). The zero-order valence-electron chi connectivity index (χ0n) is 18.2. The number of pyridine rings is 1. The number of hydrogen-bond acceptors (Lipinski definition) is 4. The van der Waals surface area contributed by atoms with Crippen LogP contribution in [0.2, 0.25) is 0 Å². The monoisotopic (exact) mass is 386 g/mol. The minimum absolute atomic E-state index is 0.700. The Kier molecular flexibility index (Phi) is 7.54. The van der Waals surface area contributed by atoms with E-state index in [1.807, 2.05) is 6.20 Å². The number of rotatable bonds is 5. The predicted octanol–water partition coefficient (Wildman–Crippen LogP) is 2.67. The molecule has 6 nitrogen and oxygen atoms in total. The molecule has 2 aliphatic rings. The number of aromatic nitrogens is 1. The molecule has 156 valence electrons. The molecule has 0 saturated carbocycles. The number of hydrogen-bond donors (Lipinski definition) is 1. The number of piperazine rings is 1. The minimum Gasteiger partial charge on any atom is -0.357 e. The van der Waals surface area contributed by atoms with Gasteiger partial charge in [0.1, 0.15) is 5.82 Å². The first kappa shape index (κ1) is 20.9. The molecule has 0 amide bonds. The molecule has 1 aromatic heterocycles. The molecule has 0 spiro atoms. The van der Waals surface area contributed by atoms with Gasteiger partial charge in [0.25, 0.3) is 0 Å². The van der Waals surface area contributed by atoms with Gasteiger partial charge in [0, 0.05) is 52.0 Å². The predicted molar refractivity (Wildman–Crippen MR) is 118 cm³/mol. The van der Waals surface area contributed by atoms with Crippen molar-refractivity contribution in [1.29, 1.82) is 0 Å². The highest BCUT2D eigenvalue weighted by molar-refractivity contribution is 5.80. The van der Waals surface area contributed by atoms with E-state index in [9.17, 15) is 0 Å². The number of nitrogens with one attached hydrogen (secondary N) is 1. The maximum absolute atomic E-state index is 4.96. The van der Waals surface area contributed by atoms with E-state index < -0.39 is 0 Å². The average molecular weight is 387 g/mol. The third kappa shape index (κ3) is 5.60. The van der Waals surface area contributed by atoms with Crippen LogP contribution in [0, 0.1) is 11.8 Å². The average Bonchev–Trinajstić information content (AvgIpc) is 2.70. The SMILES string of the molecule is CCNC(=NCc1ccnc(N2CCN(CC)CC2)c1)N1CC(C)CC(C)C1. The maximum Gasteiger partial charge on any atom is 0.194 e. The van der Waals surface area contributed by atoms with E-state index in [-0.39, 0.29) is 0 Å². The van der Waals surface area contributed by atoms with Crippen molar-refractivity contribution in [3.8, 4) is 0 Å². The van der Waals surface area contributed by atoms with Crippen LogP contribution in [0.4, 0.5) is 5.82 Å². The third-order valence-electron chi connectivity index (χ3n) is 5.87. The molecule has 28 heavy (non-hydrogen) atoms. The van der Waals surface area contributed by atoms with Gasteiger partial charge < -0.3 is 20.0 Å². The lowest BCUT2D eigenvalue weighted by atomic mass is 9.92. The summed E-state index contributed by atoms with van der Waals surface area (Å²) >= 11 is 0. The van der Waals surface area contributed by atoms with E-state index in [4.69, 9.17) is 4.99 Å². The molecule has 2 unspecified atom stereocenters. The van der Waals surface area contributed by atoms with E-state index in [1.165, 1.54) is 12.0 Å². The van der Waals surface area contributed by atoms with Crippen LogP contribution in [0.1, 0.15) is 39.7 Å². The van der Waals surface area contributed by atoms with E-state index in [0.717, 1.165) is 76.0 Å². The summed E-state index contributed by atoms with van der Waals surface area (Å²) in [5.74, 6) is 3.59. The number of piperidine rings is 1. The highest BCUT2D eigenvalue weighted by Crippen LogP contribution is 2.21. The number of nitrogens with zero attached hydrogens (tertiary/aromatic N) is 5. The Morgan fingerprint density at radius 1 is 1.14 bits per heavy atom. The summed E-state index contributed by atoms with van der Waals surface area (Å²) < 4.78 is 0. The molecule has 0 bridgehead atoms. The van der Waals surface area contributed by atoms with Gasteiger partial charge in [-0.25, -0.2) is 9.98 Å². The summed E-state index contributed by atoms with van der Waals surface area (Å²) in [6.45, 7) is 18.4. The second kappa shape index (κ2) is 10.1. The van der Waals surface area contributed by atoms with E-state index >= 15 is 0 Å². The molecule has 2 atom stereocenters. The van der Waals surface area contributed by atoms with Gasteiger partial charge in [-0.05, 0) is 49.4 Å². The van der Waals surface area contributed by atoms with E-state index in [1.54, 1.807) is 0 Å². The van der Waals surface area contributed by atoms with Crippen LogP contribution in [-0.2, 0) is 6.54 Å². The number of guanidine groups is 1. The molecule has 2 aliphatic heterocycles. The van der Waals surface area contributed by atoms with Gasteiger partial charge in [0.2, 0.25) is 0 Å². The normalized spacial score (nSPS) is 24.5. The first-order valence-corrected chi connectivity index (χ1v) is 11.0. The zero-order valence-corrected chi connectivity index (χ0v) is 18.2. The summed E-state index contributed by atoms with van der Waals surface area (Å²) in [5.41, 5.74) is 1.23. The van der Waals surface area contributed by atoms with Crippen LogP contribution in [0.5, 0.6) is 0 Å². The Labute approximate surface area is 171 Å². The Balaban J connectivity index is 1.66. The lowest BCUT2D eigenvalue weighted by molar-refractivity contribution is 0.208. The van der Waals surface area contributed by atoms with Gasteiger partial charge in [-0.2, -0.15) is 0 Å². The molecule has 0 aliphatic carbocycles. The fourth-order valence-corrected chi connectivity index (χ4v) is 4.45. The van der Waals surface area contributed by atoms with Crippen molar-refractivity contribution in [2.45, 2.75) is 40.7 Å². The van der Waals surface area contributed by atoms with Crippen LogP contribution in [0.3, 0.4) is 0 Å². The minimum atomic E-state index is 0.700. The zero-order chi connectivity index (χ0) is 19.9. The van der Waals surface area contributed by atoms with Crippen molar-refractivity contribution in [3.63, 3.8) is 0 Å². The van der Waals surface area contributed by atoms with Crippen molar-refractivity contribution in [1.82, 2.24) is 20.1 Å². The lowest BCUT2D eigenvalue weighted by Crippen LogP contribution is -2.48. The van der Waals surface area contributed by atoms with Crippen molar-refractivity contribution in [3.05, 3.63) is 23.9 Å². The number of anilines is 1. The number of aliphatic imine (C=N–C) groups is 1. The molecule has 3 heterocycles. The summed E-state index contributed by atoms with van der Waals surface area (Å²) in [5, 5.41) is 3.50. The van der Waals surface area contributed by atoms with Crippen LogP contribution in [0.15, 0.2) is 23.3 Å². The summed E-state index contributed by atoms with van der Waals surface area (Å²) in [4.78, 5) is 16.9. The molecular formula is C22H38N6. The van der Waals surface area contributed by atoms with Crippen LogP contribution >= 0.6 is 0 Å². The molecule has 0 aromatic carbocycles. The van der Waals surface area contributed by atoms with E-state index in [2.05, 4.69) is 64.8 Å². The first-order valence-electron chi connectivity index (χ1n) is 11.0. The highest BCUT2D eigenvalue weighted by Gasteiger charge is 2.24. The molecular weight excluding hydrogens is 348 g/mol. The van der Waals surface area contributed by atoms with Crippen LogP contribution in [-0.4, -0.2) is 73.1 Å². The van der Waals surface area contributed by atoms with Gasteiger partial charge in [-0.15, -0.1) is 0 Å². The number of likely N-dealkylation sites (tertiary alicyclic amines) is 1. The smallest absolute Gasteiger partial charge is 0.194 e. The van der Waals surface area contributed by atoms with Gasteiger partial charge >= 0.3 is 0 Å². The van der Waals surface area contributed by atoms with Gasteiger partial charge in [-0.1, -0.05) is 20.8 Å². The summed E-state index contributed by atoms with van der Waals surface area (Å²) in [6.07, 6.45) is 3.25. The van der Waals surface area contributed by atoms with Crippen molar-refractivity contribution < 1.29 is 0 Å². The number of likely N-dealkylation sites (N-methyl/N-ethyl adjacent to an activating group) is 1. The Morgan fingerprint density at radius 2 is 1.86 bits per heavy atom. The quantitative estimate of drug-likeness (QED) is 0.623. The highest BCUT2D eigenvalue weighted by atomic mass is 15.3. The second-order valence-corrected chi connectivity index (χ2v) is 8.46. The molecule has 1 aromatic rings. The largest absolute Gasteiger partial charge is 0.357 e. The Bertz CT molecular complexity index is 628. The van der Waals surface area contributed by atoms with Gasteiger partial charge in [0.05, 0.1) is 6.54 Å². The standard InChI is InChI=1S/C22H38N6/c1-5-23-22(28-16-18(3)13-19(4)17-28)25-15-20-7-8-24-21(14-20)27-11-9-26(6-2)10-12-27/h7-8,14,18-19H,5-6,9-13,15-17H2,1-4H3,(H,23,25). The topological polar surface area (TPSA) is 47.0 Å². The van der Waals surface area contributed by atoms with Crippen LogP contribution in [0.25, 0.3) is 0 Å². The van der Waals surface area contributed by atoms with Crippen molar-refractivity contribution in [2.75, 3.05) is 57.3 Å². The van der Waals surface area contributed by atoms with E-state index in [0.29, 0.717) is 6.54 Å². The molecule has 0 radical (unpaired) electrons. The van der Waals surface area contributed by atoms with Crippen molar-refractivity contribution in [2.24, 2.45) is 16.8 Å². The summed E-state index contributed by atoms with van der Waals surface area (Å²) in [7, 11) is 0. The van der Waals surface area contributed by atoms with Gasteiger partial charge in [-0.3, -0.25) is 0 Å². The first-order chi connectivity index (χ1) is 13.6.